The van der Waals surface area contributed by atoms with E-state index in [9.17, 15) is 4.79 Å². The number of para-hydroxylation sites is 2. The van der Waals surface area contributed by atoms with Crippen LogP contribution in [0.1, 0.15) is 0 Å². The molecule has 0 amide bonds. The van der Waals surface area contributed by atoms with Gasteiger partial charge < -0.3 is 9.64 Å². The molecule has 0 aliphatic rings. The lowest BCUT2D eigenvalue weighted by Crippen LogP contribution is -2.10. The first kappa shape index (κ1) is 15.6. The van der Waals surface area contributed by atoms with Crippen LogP contribution < -0.4 is 9.64 Å². The minimum absolute atomic E-state index is 0.474. The molecule has 0 atom stereocenters. The van der Waals surface area contributed by atoms with Crippen molar-refractivity contribution >= 4 is 23.0 Å². The van der Waals surface area contributed by atoms with Crippen molar-refractivity contribution in [3.8, 4) is 5.75 Å². The van der Waals surface area contributed by atoms with E-state index in [1.165, 1.54) is 0 Å². The summed E-state index contributed by atoms with van der Waals surface area (Å²) in [6, 6.07) is 27.5. The van der Waals surface area contributed by atoms with E-state index >= 15 is 0 Å². The molecule has 3 heteroatoms. The van der Waals surface area contributed by atoms with Crippen LogP contribution in [0.5, 0.6) is 5.75 Å². The Hall–Kier alpha value is -3.33. The van der Waals surface area contributed by atoms with Crippen LogP contribution in [0.25, 0.3) is 0 Å². The summed E-state index contributed by atoms with van der Waals surface area (Å²) in [6.07, 6.45) is 1.15. The van der Waals surface area contributed by atoms with E-state index in [0.717, 1.165) is 23.1 Å². The first-order valence-corrected chi connectivity index (χ1v) is 7.62. The molecule has 3 rings (SSSR count). The Kier molecular flexibility index (Phi) is 4.73. The molecule has 0 radical (unpaired) electrons. The van der Waals surface area contributed by atoms with Gasteiger partial charge in [0.25, 0.3) is 0 Å². The SMILES string of the molecule is C=CC(=O)Oc1cccc(N(c2ccccc2)c2ccccc2)c1. The van der Waals surface area contributed by atoms with Crippen molar-refractivity contribution in [2.45, 2.75) is 0 Å². The number of esters is 1. The highest BCUT2D eigenvalue weighted by Crippen LogP contribution is 2.35. The number of benzene rings is 3. The molecule has 0 aliphatic heterocycles. The van der Waals surface area contributed by atoms with Gasteiger partial charge in [-0.25, -0.2) is 4.79 Å². The first-order valence-electron chi connectivity index (χ1n) is 7.62. The summed E-state index contributed by atoms with van der Waals surface area (Å²) in [5.74, 6) is 0.00684. The minimum atomic E-state index is -0.474. The number of rotatable bonds is 5. The van der Waals surface area contributed by atoms with Crippen molar-refractivity contribution < 1.29 is 9.53 Å². The Morgan fingerprint density at radius 3 is 1.88 bits per heavy atom. The molecule has 24 heavy (non-hydrogen) atoms. The zero-order valence-electron chi connectivity index (χ0n) is 13.1. The van der Waals surface area contributed by atoms with Crippen molar-refractivity contribution in [3.63, 3.8) is 0 Å². The van der Waals surface area contributed by atoms with Crippen molar-refractivity contribution in [1.29, 1.82) is 0 Å². The van der Waals surface area contributed by atoms with E-state index in [1.54, 1.807) is 6.07 Å². The monoisotopic (exact) mass is 315 g/mol. The molecule has 0 bridgehead atoms. The number of hydrogen-bond donors (Lipinski definition) is 0. The molecule has 0 spiro atoms. The quantitative estimate of drug-likeness (QED) is 0.366. The molecule has 0 aromatic heterocycles. The Morgan fingerprint density at radius 2 is 1.33 bits per heavy atom. The fraction of sp³-hybridized carbons (Fsp3) is 0. The van der Waals surface area contributed by atoms with Crippen LogP contribution >= 0.6 is 0 Å². The lowest BCUT2D eigenvalue weighted by molar-refractivity contribution is -0.128. The molecular weight excluding hydrogens is 298 g/mol. The molecule has 0 N–H and O–H groups in total. The number of carbonyl (C=O) groups is 1. The average Bonchev–Trinajstić information content (AvgIpc) is 2.64. The van der Waals surface area contributed by atoms with E-state index in [-0.39, 0.29) is 0 Å². The smallest absolute Gasteiger partial charge is 0.335 e. The van der Waals surface area contributed by atoms with Gasteiger partial charge in [0.05, 0.1) is 0 Å². The highest BCUT2D eigenvalue weighted by molar-refractivity contribution is 5.84. The standard InChI is InChI=1S/C21H17NO2/c1-2-21(23)24-20-15-9-14-19(16-20)22(17-10-5-3-6-11-17)18-12-7-4-8-13-18/h2-16H,1H2. The van der Waals surface area contributed by atoms with E-state index < -0.39 is 5.97 Å². The van der Waals surface area contributed by atoms with Crippen molar-refractivity contribution in [1.82, 2.24) is 0 Å². The van der Waals surface area contributed by atoms with Crippen LogP contribution in [-0.2, 0) is 4.79 Å². The summed E-state index contributed by atoms with van der Waals surface area (Å²) in [6.45, 7) is 3.42. The zero-order valence-corrected chi connectivity index (χ0v) is 13.1. The van der Waals surface area contributed by atoms with Gasteiger partial charge in [-0.2, -0.15) is 0 Å². The van der Waals surface area contributed by atoms with Gasteiger partial charge in [0.2, 0.25) is 0 Å². The van der Waals surface area contributed by atoms with E-state index in [4.69, 9.17) is 4.74 Å². The number of carbonyl (C=O) groups excluding carboxylic acids is 1. The average molecular weight is 315 g/mol. The predicted molar refractivity (Wildman–Crippen MR) is 97.0 cm³/mol. The maximum absolute atomic E-state index is 11.4. The lowest BCUT2D eigenvalue weighted by atomic mass is 10.2. The second-order valence-corrected chi connectivity index (χ2v) is 5.13. The summed E-state index contributed by atoms with van der Waals surface area (Å²) >= 11 is 0. The molecule has 0 heterocycles. The van der Waals surface area contributed by atoms with Crippen molar-refractivity contribution in [3.05, 3.63) is 97.6 Å². The zero-order chi connectivity index (χ0) is 16.8. The second-order valence-electron chi connectivity index (χ2n) is 5.13. The highest BCUT2D eigenvalue weighted by Gasteiger charge is 2.12. The van der Waals surface area contributed by atoms with Gasteiger partial charge in [-0.1, -0.05) is 49.0 Å². The molecule has 3 aromatic rings. The molecular formula is C21H17NO2. The minimum Gasteiger partial charge on any atom is -0.423 e. The number of hydrogen-bond acceptors (Lipinski definition) is 3. The third-order valence-electron chi connectivity index (χ3n) is 3.49. The summed E-state index contributed by atoms with van der Waals surface area (Å²) in [5, 5.41) is 0. The van der Waals surface area contributed by atoms with Crippen molar-refractivity contribution in [2.75, 3.05) is 4.90 Å². The summed E-state index contributed by atoms with van der Waals surface area (Å²) in [7, 11) is 0. The molecule has 0 unspecified atom stereocenters. The molecule has 118 valence electrons. The van der Waals surface area contributed by atoms with E-state index in [1.807, 2.05) is 78.9 Å². The fourth-order valence-electron chi connectivity index (χ4n) is 2.45. The van der Waals surface area contributed by atoms with Gasteiger partial charge in [0.1, 0.15) is 5.75 Å². The Bertz CT molecular complexity index is 789. The van der Waals surface area contributed by atoms with Crippen LogP contribution in [-0.4, -0.2) is 5.97 Å². The van der Waals surface area contributed by atoms with Gasteiger partial charge in [0, 0.05) is 29.2 Å². The molecule has 3 nitrogen and oxygen atoms in total. The van der Waals surface area contributed by atoms with Crippen LogP contribution in [0.4, 0.5) is 17.1 Å². The highest BCUT2D eigenvalue weighted by atomic mass is 16.5. The molecule has 0 saturated heterocycles. The topological polar surface area (TPSA) is 29.5 Å². The van der Waals surface area contributed by atoms with Crippen molar-refractivity contribution in [2.24, 2.45) is 0 Å². The predicted octanol–water partition coefficient (Wildman–Crippen LogP) is 5.25. The van der Waals surface area contributed by atoms with Gasteiger partial charge in [-0.3, -0.25) is 0 Å². The van der Waals surface area contributed by atoms with Crippen LogP contribution in [0.3, 0.4) is 0 Å². The maximum atomic E-state index is 11.4. The molecule has 3 aromatic carbocycles. The second kappa shape index (κ2) is 7.29. The van der Waals surface area contributed by atoms with Crippen LogP contribution in [0.15, 0.2) is 97.6 Å². The largest absolute Gasteiger partial charge is 0.423 e. The maximum Gasteiger partial charge on any atom is 0.335 e. The van der Waals surface area contributed by atoms with Crippen LogP contribution in [0, 0.1) is 0 Å². The molecule has 0 fully saturated rings. The summed E-state index contributed by atoms with van der Waals surface area (Å²) < 4.78 is 5.24. The van der Waals surface area contributed by atoms with E-state index in [2.05, 4.69) is 11.5 Å². The first-order chi connectivity index (χ1) is 11.8. The van der Waals surface area contributed by atoms with E-state index in [0.29, 0.717) is 5.75 Å². The van der Waals surface area contributed by atoms with Gasteiger partial charge in [-0.05, 0) is 36.4 Å². The van der Waals surface area contributed by atoms with Gasteiger partial charge >= 0.3 is 5.97 Å². The number of nitrogens with zero attached hydrogens (tertiary/aromatic N) is 1. The van der Waals surface area contributed by atoms with Gasteiger partial charge in [-0.15, -0.1) is 0 Å². The summed E-state index contributed by atoms with van der Waals surface area (Å²) in [5.41, 5.74) is 2.95. The lowest BCUT2D eigenvalue weighted by Gasteiger charge is -2.25. The Morgan fingerprint density at radius 1 is 0.792 bits per heavy atom. The Labute approximate surface area is 141 Å². The Balaban J connectivity index is 2.05. The molecule has 0 aliphatic carbocycles. The third-order valence-corrected chi connectivity index (χ3v) is 3.49. The third kappa shape index (κ3) is 3.52. The number of ether oxygens (including phenoxy) is 1. The molecule has 0 saturated carbocycles. The fourth-order valence-corrected chi connectivity index (χ4v) is 2.45. The van der Waals surface area contributed by atoms with Crippen LogP contribution in [0.2, 0.25) is 0 Å². The van der Waals surface area contributed by atoms with Gasteiger partial charge in [0.15, 0.2) is 0 Å². The summed E-state index contributed by atoms with van der Waals surface area (Å²) in [4.78, 5) is 13.6. The number of anilines is 3. The normalized spacial score (nSPS) is 10.0.